The summed E-state index contributed by atoms with van der Waals surface area (Å²) in [6, 6.07) is 10.6. The Labute approximate surface area is 121 Å². The van der Waals surface area contributed by atoms with E-state index in [0.717, 1.165) is 6.54 Å². The number of rotatable bonds is 1. The van der Waals surface area contributed by atoms with Crippen molar-refractivity contribution in [3.05, 3.63) is 30.3 Å². The predicted octanol–water partition coefficient (Wildman–Crippen LogP) is 3.13. The Morgan fingerprint density at radius 1 is 1.20 bits per heavy atom. The highest BCUT2D eigenvalue weighted by Gasteiger charge is 2.29. The van der Waals surface area contributed by atoms with Crippen LogP contribution in [0.3, 0.4) is 0 Å². The SMILES string of the molecule is C[C@@H]1CN(C(=O)OC(C)(C)C)CCN1c1ccccc1. The molecule has 4 nitrogen and oxygen atoms in total. The van der Waals surface area contributed by atoms with Gasteiger partial charge in [-0.3, -0.25) is 0 Å². The molecule has 20 heavy (non-hydrogen) atoms. The summed E-state index contributed by atoms with van der Waals surface area (Å²) >= 11 is 0. The zero-order valence-corrected chi connectivity index (χ0v) is 12.8. The molecule has 0 aliphatic carbocycles. The Morgan fingerprint density at radius 2 is 1.85 bits per heavy atom. The summed E-state index contributed by atoms with van der Waals surface area (Å²) in [5.41, 5.74) is 0.778. The van der Waals surface area contributed by atoms with Crippen molar-refractivity contribution in [2.75, 3.05) is 24.5 Å². The number of ether oxygens (including phenoxy) is 1. The number of para-hydroxylation sites is 1. The normalized spacial score (nSPS) is 19.9. The molecule has 0 unspecified atom stereocenters. The van der Waals surface area contributed by atoms with Crippen molar-refractivity contribution >= 4 is 11.8 Å². The van der Waals surface area contributed by atoms with E-state index >= 15 is 0 Å². The summed E-state index contributed by atoms with van der Waals surface area (Å²) in [5.74, 6) is 0. The fourth-order valence-electron chi connectivity index (χ4n) is 2.45. The van der Waals surface area contributed by atoms with E-state index in [1.165, 1.54) is 5.69 Å². The highest BCUT2D eigenvalue weighted by atomic mass is 16.6. The number of nitrogens with zero attached hydrogens (tertiary/aromatic N) is 2. The van der Waals surface area contributed by atoms with E-state index in [9.17, 15) is 4.79 Å². The zero-order valence-electron chi connectivity index (χ0n) is 12.8. The third-order valence-electron chi connectivity index (χ3n) is 3.37. The number of benzene rings is 1. The van der Waals surface area contributed by atoms with Crippen LogP contribution in [0.25, 0.3) is 0 Å². The van der Waals surface area contributed by atoms with Crippen LogP contribution >= 0.6 is 0 Å². The summed E-state index contributed by atoms with van der Waals surface area (Å²) in [4.78, 5) is 16.2. The summed E-state index contributed by atoms with van der Waals surface area (Å²) in [7, 11) is 0. The molecule has 0 saturated carbocycles. The lowest BCUT2D eigenvalue weighted by atomic mass is 10.1. The molecular formula is C16H24N2O2. The molecule has 1 aliphatic heterocycles. The number of hydrogen-bond acceptors (Lipinski definition) is 3. The Morgan fingerprint density at radius 3 is 2.40 bits per heavy atom. The van der Waals surface area contributed by atoms with Crippen LogP contribution in [-0.2, 0) is 4.74 Å². The van der Waals surface area contributed by atoms with Crippen LogP contribution in [0, 0.1) is 0 Å². The standard InChI is InChI=1S/C16H24N2O2/c1-13-12-17(15(19)20-16(2,3)4)10-11-18(13)14-8-6-5-7-9-14/h5-9,13H,10-12H2,1-4H3/t13-/m1/s1. The molecule has 1 saturated heterocycles. The minimum atomic E-state index is -0.434. The lowest BCUT2D eigenvalue weighted by Gasteiger charge is -2.41. The predicted molar refractivity (Wildman–Crippen MR) is 81.1 cm³/mol. The number of anilines is 1. The fraction of sp³-hybridized carbons (Fsp3) is 0.562. The molecule has 1 aromatic carbocycles. The van der Waals surface area contributed by atoms with Gasteiger partial charge in [-0.1, -0.05) is 18.2 Å². The van der Waals surface area contributed by atoms with E-state index in [0.29, 0.717) is 19.1 Å². The molecule has 0 spiro atoms. The summed E-state index contributed by atoms with van der Waals surface area (Å²) in [5, 5.41) is 0. The van der Waals surface area contributed by atoms with Gasteiger partial charge in [0.15, 0.2) is 0 Å². The highest BCUT2D eigenvalue weighted by Crippen LogP contribution is 2.21. The molecule has 1 heterocycles. The Hall–Kier alpha value is -1.71. The molecule has 2 rings (SSSR count). The number of amides is 1. The first-order chi connectivity index (χ1) is 9.37. The van der Waals surface area contributed by atoms with Gasteiger partial charge >= 0.3 is 6.09 Å². The van der Waals surface area contributed by atoms with E-state index in [1.54, 1.807) is 4.90 Å². The molecule has 1 fully saturated rings. The second kappa shape index (κ2) is 5.73. The van der Waals surface area contributed by atoms with Gasteiger partial charge in [0, 0.05) is 31.4 Å². The molecule has 110 valence electrons. The van der Waals surface area contributed by atoms with Crippen LogP contribution in [0.1, 0.15) is 27.7 Å². The van der Waals surface area contributed by atoms with E-state index in [-0.39, 0.29) is 6.09 Å². The minimum Gasteiger partial charge on any atom is -0.444 e. The van der Waals surface area contributed by atoms with Crippen molar-refractivity contribution < 1.29 is 9.53 Å². The Kier molecular flexibility index (Phi) is 4.21. The van der Waals surface area contributed by atoms with Crippen molar-refractivity contribution in [2.45, 2.75) is 39.3 Å². The van der Waals surface area contributed by atoms with Gasteiger partial charge in [0.25, 0.3) is 0 Å². The first-order valence-corrected chi connectivity index (χ1v) is 7.16. The van der Waals surface area contributed by atoms with Gasteiger partial charge in [-0.2, -0.15) is 0 Å². The van der Waals surface area contributed by atoms with Crippen LogP contribution in [-0.4, -0.2) is 42.3 Å². The van der Waals surface area contributed by atoms with E-state index in [1.807, 2.05) is 39.0 Å². The molecule has 0 radical (unpaired) electrons. The third kappa shape index (κ3) is 3.65. The largest absolute Gasteiger partial charge is 0.444 e. The third-order valence-corrected chi connectivity index (χ3v) is 3.37. The molecule has 0 aromatic heterocycles. The quantitative estimate of drug-likeness (QED) is 0.790. The monoisotopic (exact) mass is 276 g/mol. The first kappa shape index (κ1) is 14.7. The molecule has 0 bridgehead atoms. The Balaban J connectivity index is 1.97. The number of piperazine rings is 1. The maximum atomic E-state index is 12.1. The maximum absolute atomic E-state index is 12.1. The molecule has 4 heteroatoms. The molecule has 0 N–H and O–H groups in total. The second-order valence-electron chi connectivity index (χ2n) is 6.30. The lowest BCUT2D eigenvalue weighted by molar-refractivity contribution is 0.0219. The molecule has 1 aromatic rings. The smallest absolute Gasteiger partial charge is 0.410 e. The van der Waals surface area contributed by atoms with Crippen molar-refractivity contribution in [3.8, 4) is 0 Å². The zero-order chi connectivity index (χ0) is 14.8. The van der Waals surface area contributed by atoms with Crippen molar-refractivity contribution in [2.24, 2.45) is 0 Å². The van der Waals surface area contributed by atoms with Crippen molar-refractivity contribution in [1.82, 2.24) is 4.90 Å². The van der Waals surface area contributed by atoms with Gasteiger partial charge in [0.05, 0.1) is 0 Å². The highest BCUT2D eigenvalue weighted by molar-refractivity contribution is 5.68. The van der Waals surface area contributed by atoms with Crippen molar-refractivity contribution in [3.63, 3.8) is 0 Å². The summed E-state index contributed by atoms with van der Waals surface area (Å²) < 4.78 is 5.43. The molecular weight excluding hydrogens is 252 g/mol. The molecule has 1 amide bonds. The fourth-order valence-corrected chi connectivity index (χ4v) is 2.45. The van der Waals surface area contributed by atoms with E-state index < -0.39 is 5.60 Å². The van der Waals surface area contributed by atoms with E-state index in [2.05, 4.69) is 24.0 Å². The molecule has 1 aliphatic rings. The van der Waals surface area contributed by atoms with Gasteiger partial charge in [-0.15, -0.1) is 0 Å². The van der Waals surface area contributed by atoms with Gasteiger partial charge < -0.3 is 14.5 Å². The average molecular weight is 276 g/mol. The lowest BCUT2D eigenvalue weighted by Crippen LogP contribution is -2.54. The number of hydrogen-bond donors (Lipinski definition) is 0. The van der Waals surface area contributed by atoms with Gasteiger partial charge in [0.2, 0.25) is 0 Å². The van der Waals surface area contributed by atoms with Crippen molar-refractivity contribution in [1.29, 1.82) is 0 Å². The van der Waals surface area contributed by atoms with Crippen LogP contribution in [0.15, 0.2) is 30.3 Å². The first-order valence-electron chi connectivity index (χ1n) is 7.16. The number of carbonyl (C=O) groups excluding carboxylic acids is 1. The van der Waals surface area contributed by atoms with Gasteiger partial charge in [0.1, 0.15) is 5.60 Å². The van der Waals surface area contributed by atoms with Gasteiger partial charge in [-0.05, 0) is 39.8 Å². The van der Waals surface area contributed by atoms with Crippen LogP contribution in [0.2, 0.25) is 0 Å². The topological polar surface area (TPSA) is 32.8 Å². The van der Waals surface area contributed by atoms with Crippen LogP contribution < -0.4 is 4.90 Å². The summed E-state index contributed by atoms with van der Waals surface area (Å²) in [6.45, 7) is 10.1. The summed E-state index contributed by atoms with van der Waals surface area (Å²) in [6.07, 6.45) is -0.211. The van der Waals surface area contributed by atoms with Crippen LogP contribution in [0.4, 0.5) is 10.5 Å². The average Bonchev–Trinajstić information content (AvgIpc) is 2.37. The second-order valence-corrected chi connectivity index (χ2v) is 6.30. The van der Waals surface area contributed by atoms with Crippen LogP contribution in [0.5, 0.6) is 0 Å². The maximum Gasteiger partial charge on any atom is 0.410 e. The Bertz CT molecular complexity index is 453. The molecule has 1 atom stereocenters. The minimum absolute atomic E-state index is 0.211. The number of carbonyl (C=O) groups is 1. The van der Waals surface area contributed by atoms with E-state index in [4.69, 9.17) is 4.74 Å². The van der Waals surface area contributed by atoms with Gasteiger partial charge in [-0.25, -0.2) is 4.79 Å².